The van der Waals surface area contributed by atoms with Gasteiger partial charge < -0.3 is 15.8 Å². The Morgan fingerprint density at radius 1 is 1.38 bits per heavy atom. The van der Waals surface area contributed by atoms with Crippen molar-refractivity contribution in [2.24, 2.45) is 16.3 Å². The van der Waals surface area contributed by atoms with Crippen LogP contribution in [0.5, 0.6) is 0 Å². The molecule has 116 valence electrons. The number of hydrogen-bond donors (Lipinski definition) is 2. The Morgan fingerprint density at radius 3 is 2.57 bits per heavy atom. The van der Waals surface area contributed by atoms with Crippen molar-refractivity contribution in [1.82, 2.24) is 0 Å². The van der Waals surface area contributed by atoms with E-state index in [4.69, 9.17) is 10.9 Å². The molecule has 0 heterocycles. The maximum Gasteiger partial charge on any atom is 0.172 e. The Morgan fingerprint density at radius 2 is 2.00 bits per heavy atom. The second kappa shape index (κ2) is 6.26. The molecule has 1 aliphatic carbocycles. The third-order valence-electron chi connectivity index (χ3n) is 4.58. The molecule has 0 aromatic heterocycles. The molecule has 0 radical (unpaired) electrons. The van der Waals surface area contributed by atoms with Gasteiger partial charge in [-0.15, -0.1) is 0 Å². The van der Waals surface area contributed by atoms with Crippen molar-refractivity contribution in [3.8, 4) is 0 Å². The lowest BCUT2D eigenvalue weighted by molar-refractivity contribution is 0.222. The number of amidine groups is 1. The Bertz CT molecular complexity index is 532. The molecule has 1 aromatic rings. The molecular formula is C16H24BrN3O. The van der Waals surface area contributed by atoms with E-state index in [1.165, 1.54) is 25.7 Å². The van der Waals surface area contributed by atoms with Crippen LogP contribution in [0.15, 0.2) is 27.8 Å². The normalized spacial score (nSPS) is 19.5. The van der Waals surface area contributed by atoms with E-state index in [0.717, 1.165) is 15.7 Å². The highest BCUT2D eigenvalue weighted by molar-refractivity contribution is 9.10. The molecule has 0 spiro atoms. The van der Waals surface area contributed by atoms with Gasteiger partial charge in [0.05, 0.1) is 0 Å². The van der Waals surface area contributed by atoms with Gasteiger partial charge in [0.15, 0.2) is 5.84 Å². The van der Waals surface area contributed by atoms with Gasteiger partial charge in [-0.2, -0.15) is 0 Å². The van der Waals surface area contributed by atoms with Gasteiger partial charge in [0, 0.05) is 28.8 Å². The van der Waals surface area contributed by atoms with E-state index in [2.05, 4.69) is 46.9 Å². The molecular weight excluding hydrogens is 330 g/mol. The lowest BCUT2D eigenvalue weighted by atomic mass is 9.75. The smallest absolute Gasteiger partial charge is 0.172 e. The van der Waals surface area contributed by atoms with Crippen LogP contribution in [-0.4, -0.2) is 24.1 Å². The standard InChI is InChI=1S/C16H24BrN3O/c1-16(2)8-6-12(7-9-16)20(3)14-5-4-11(17)10-13(14)15(18)19-21/h4-5,10,12,21H,6-9H2,1-3H3,(H2,18,19). The lowest BCUT2D eigenvalue weighted by Crippen LogP contribution is -2.38. The fourth-order valence-electron chi connectivity index (χ4n) is 3.04. The van der Waals surface area contributed by atoms with Crippen LogP contribution >= 0.6 is 15.9 Å². The number of hydrogen-bond acceptors (Lipinski definition) is 3. The first-order valence-corrected chi connectivity index (χ1v) is 8.13. The summed E-state index contributed by atoms with van der Waals surface area (Å²) in [6.45, 7) is 4.68. The Balaban J connectivity index is 2.25. The van der Waals surface area contributed by atoms with E-state index in [1.54, 1.807) is 0 Å². The largest absolute Gasteiger partial charge is 0.409 e. The first-order chi connectivity index (χ1) is 9.84. The fourth-order valence-corrected chi connectivity index (χ4v) is 3.40. The van der Waals surface area contributed by atoms with Crippen LogP contribution < -0.4 is 10.6 Å². The molecule has 1 saturated carbocycles. The number of nitrogens with two attached hydrogens (primary N) is 1. The molecule has 5 heteroatoms. The molecule has 21 heavy (non-hydrogen) atoms. The first kappa shape index (κ1) is 16.1. The second-order valence-corrected chi connectivity index (χ2v) is 7.57. The zero-order chi connectivity index (χ0) is 15.6. The summed E-state index contributed by atoms with van der Waals surface area (Å²) in [5.74, 6) is 0.147. The van der Waals surface area contributed by atoms with Crippen LogP contribution in [0.4, 0.5) is 5.69 Å². The van der Waals surface area contributed by atoms with E-state index in [9.17, 15) is 0 Å². The van der Waals surface area contributed by atoms with Crippen LogP contribution in [0.2, 0.25) is 0 Å². The molecule has 2 rings (SSSR count). The quantitative estimate of drug-likeness (QED) is 0.374. The summed E-state index contributed by atoms with van der Waals surface area (Å²) in [5.41, 5.74) is 8.05. The number of rotatable bonds is 3. The van der Waals surface area contributed by atoms with Gasteiger partial charge in [0.2, 0.25) is 0 Å². The zero-order valence-corrected chi connectivity index (χ0v) is 14.5. The predicted octanol–water partition coefficient (Wildman–Crippen LogP) is 3.95. The molecule has 4 nitrogen and oxygen atoms in total. The van der Waals surface area contributed by atoms with Crippen molar-refractivity contribution in [2.75, 3.05) is 11.9 Å². The number of anilines is 1. The van der Waals surface area contributed by atoms with Crippen molar-refractivity contribution in [2.45, 2.75) is 45.6 Å². The van der Waals surface area contributed by atoms with Crippen molar-refractivity contribution in [3.05, 3.63) is 28.2 Å². The van der Waals surface area contributed by atoms with Gasteiger partial charge in [-0.05, 0) is 49.3 Å². The van der Waals surface area contributed by atoms with E-state index >= 15 is 0 Å². The van der Waals surface area contributed by atoms with Crippen LogP contribution in [0, 0.1) is 5.41 Å². The molecule has 1 fully saturated rings. The monoisotopic (exact) mass is 353 g/mol. The van der Waals surface area contributed by atoms with E-state index in [1.807, 2.05) is 18.2 Å². The van der Waals surface area contributed by atoms with Gasteiger partial charge in [-0.25, -0.2) is 0 Å². The van der Waals surface area contributed by atoms with E-state index in [0.29, 0.717) is 11.5 Å². The topological polar surface area (TPSA) is 61.8 Å². The first-order valence-electron chi connectivity index (χ1n) is 7.34. The summed E-state index contributed by atoms with van der Waals surface area (Å²) in [5, 5.41) is 12.2. The third kappa shape index (κ3) is 3.70. The molecule has 0 amide bonds. The highest BCUT2D eigenvalue weighted by Crippen LogP contribution is 2.38. The van der Waals surface area contributed by atoms with Gasteiger partial charge in [0.25, 0.3) is 0 Å². The third-order valence-corrected chi connectivity index (χ3v) is 5.07. The maximum atomic E-state index is 8.99. The van der Waals surface area contributed by atoms with Crippen LogP contribution in [0.1, 0.15) is 45.1 Å². The van der Waals surface area contributed by atoms with Crippen LogP contribution in [0.3, 0.4) is 0 Å². The van der Waals surface area contributed by atoms with Crippen molar-refractivity contribution >= 4 is 27.5 Å². The number of nitrogens with zero attached hydrogens (tertiary/aromatic N) is 2. The highest BCUT2D eigenvalue weighted by atomic mass is 79.9. The van der Waals surface area contributed by atoms with Crippen molar-refractivity contribution < 1.29 is 5.21 Å². The predicted molar refractivity (Wildman–Crippen MR) is 91.1 cm³/mol. The Labute approximate surface area is 135 Å². The summed E-state index contributed by atoms with van der Waals surface area (Å²) < 4.78 is 0.922. The van der Waals surface area contributed by atoms with Crippen LogP contribution in [-0.2, 0) is 0 Å². The summed E-state index contributed by atoms with van der Waals surface area (Å²) in [6.07, 6.45) is 4.82. The number of oxime groups is 1. The molecule has 1 aromatic carbocycles. The van der Waals surface area contributed by atoms with Crippen molar-refractivity contribution in [1.29, 1.82) is 0 Å². The number of benzene rings is 1. The average Bonchev–Trinajstić information content (AvgIpc) is 2.45. The summed E-state index contributed by atoms with van der Waals surface area (Å²) in [6, 6.07) is 6.42. The molecule has 0 unspecified atom stereocenters. The molecule has 0 saturated heterocycles. The zero-order valence-electron chi connectivity index (χ0n) is 12.9. The highest BCUT2D eigenvalue weighted by Gasteiger charge is 2.29. The Hall–Kier alpha value is -1.23. The fraction of sp³-hybridized carbons (Fsp3) is 0.562. The second-order valence-electron chi connectivity index (χ2n) is 6.65. The van der Waals surface area contributed by atoms with Gasteiger partial charge >= 0.3 is 0 Å². The van der Waals surface area contributed by atoms with E-state index < -0.39 is 0 Å². The van der Waals surface area contributed by atoms with Gasteiger partial charge in [0.1, 0.15) is 0 Å². The summed E-state index contributed by atoms with van der Waals surface area (Å²) in [7, 11) is 2.10. The molecule has 0 aliphatic heterocycles. The molecule has 0 bridgehead atoms. The molecule has 1 aliphatic rings. The van der Waals surface area contributed by atoms with Crippen LogP contribution in [0.25, 0.3) is 0 Å². The number of halogens is 1. The van der Waals surface area contributed by atoms with Crippen molar-refractivity contribution in [3.63, 3.8) is 0 Å². The SMILES string of the molecule is CN(c1ccc(Br)cc1/C(N)=N/O)C1CCC(C)(C)CC1. The minimum Gasteiger partial charge on any atom is -0.409 e. The summed E-state index contributed by atoms with van der Waals surface area (Å²) >= 11 is 3.44. The van der Waals surface area contributed by atoms with E-state index in [-0.39, 0.29) is 5.84 Å². The van der Waals surface area contributed by atoms with Gasteiger partial charge in [-0.1, -0.05) is 34.9 Å². The maximum absolute atomic E-state index is 8.99. The minimum atomic E-state index is 0.147. The Kier molecular flexibility index (Phi) is 4.81. The van der Waals surface area contributed by atoms with Gasteiger partial charge in [-0.3, -0.25) is 0 Å². The summed E-state index contributed by atoms with van der Waals surface area (Å²) in [4.78, 5) is 2.27. The lowest BCUT2D eigenvalue weighted by Gasteiger charge is -2.40. The molecule has 0 atom stereocenters. The minimum absolute atomic E-state index is 0.147. The molecule has 3 N–H and O–H groups in total. The average molecular weight is 354 g/mol.